The molecule has 0 N–H and O–H groups in total. The summed E-state index contributed by atoms with van der Waals surface area (Å²) >= 11 is 0. The fourth-order valence-corrected chi connectivity index (χ4v) is 2.71. The molecule has 0 aromatic heterocycles. The number of rotatable bonds is 0. The third kappa shape index (κ3) is 1.03. The van der Waals surface area contributed by atoms with Crippen LogP contribution in [0.4, 0.5) is 4.39 Å². The maximum absolute atomic E-state index is 13.9. The van der Waals surface area contributed by atoms with E-state index in [1.807, 2.05) is 24.3 Å². The quantitative estimate of drug-likeness (QED) is 0.616. The summed E-state index contributed by atoms with van der Waals surface area (Å²) in [7, 11) is 0. The molecule has 0 amide bonds. The Labute approximate surface area is 94.7 Å². The van der Waals surface area contributed by atoms with Crippen LogP contribution in [0.5, 0.6) is 0 Å². The van der Waals surface area contributed by atoms with Gasteiger partial charge in [0.2, 0.25) is 0 Å². The Balaban J connectivity index is 2.45. The molecule has 0 nitrogen and oxygen atoms in total. The summed E-state index contributed by atoms with van der Waals surface area (Å²) in [6, 6.07) is 13.4. The van der Waals surface area contributed by atoms with Crippen molar-refractivity contribution >= 4 is 0 Å². The maximum Gasteiger partial charge on any atom is 0.131 e. The minimum atomic E-state index is -0.115. The van der Waals surface area contributed by atoms with Crippen LogP contribution in [0.15, 0.2) is 42.5 Å². The molecule has 0 radical (unpaired) electrons. The molecule has 0 fully saturated rings. The minimum absolute atomic E-state index is 0.0893. The Bertz CT molecular complexity index is 567. The largest absolute Gasteiger partial charge is 0.206 e. The Morgan fingerprint density at radius 3 is 2.38 bits per heavy atom. The lowest BCUT2D eigenvalue weighted by Crippen LogP contribution is -2.14. The van der Waals surface area contributed by atoms with Crippen LogP contribution >= 0.6 is 0 Å². The molecule has 1 aliphatic rings. The van der Waals surface area contributed by atoms with Crippen LogP contribution in [0.25, 0.3) is 11.1 Å². The van der Waals surface area contributed by atoms with Gasteiger partial charge in [0.05, 0.1) is 0 Å². The molecule has 2 aromatic carbocycles. The van der Waals surface area contributed by atoms with Gasteiger partial charge >= 0.3 is 0 Å². The van der Waals surface area contributed by atoms with Gasteiger partial charge in [-0.15, -0.1) is 0 Å². The molecule has 0 heterocycles. The second-order valence-electron chi connectivity index (χ2n) is 4.83. The van der Waals surface area contributed by atoms with Crippen LogP contribution < -0.4 is 0 Å². The van der Waals surface area contributed by atoms with Crippen LogP contribution in [0, 0.1) is 5.82 Å². The third-order valence-electron chi connectivity index (χ3n) is 3.56. The Hall–Kier alpha value is -1.63. The van der Waals surface area contributed by atoms with Gasteiger partial charge in [0, 0.05) is 11.0 Å². The molecule has 1 heteroatoms. The van der Waals surface area contributed by atoms with Crippen molar-refractivity contribution in [1.82, 2.24) is 0 Å². The lowest BCUT2D eigenvalue weighted by atomic mass is 9.82. The first-order valence-electron chi connectivity index (χ1n) is 5.51. The van der Waals surface area contributed by atoms with E-state index in [-0.39, 0.29) is 11.2 Å². The topological polar surface area (TPSA) is 0 Å². The number of benzene rings is 2. The fourth-order valence-electron chi connectivity index (χ4n) is 2.71. The predicted molar refractivity (Wildman–Crippen MR) is 64.0 cm³/mol. The van der Waals surface area contributed by atoms with E-state index in [1.165, 1.54) is 11.6 Å². The fraction of sp³-hybridized carbons (Fsp3) is 0.200. The summed E-state index contributed by atoms with van der Waals surface area (Å²) in [6.45, 7) is 4.30. The average Bonchev–Trinajstić information content (AvgIpc) is 2.51. The van der Waals surface area contributed by atoms with E-state index in [0.717, 1.165) is 16.7 Å². The lowest BCUT2D eigenvalue weighted by Gasteiger charge is -2.21. The van der Waals surface area contributed by atoms with E-state index in [2.05, 4.69) is 19.9 Å². The minimum Gasteiger partial charge on any atom is -0.206 e. The van der Waals surface area contributed by atoms with Gasteiger partial charge in [-0.1, -0.05) is 50.2 Å². The molecule has 0 spiro atoms. The van der Waals surface area contributed by atoms with Gasteiger partial charge in [0.1, 0.15) is 5.82 Å². The second kappa shape index (κ2) is 2.94. The van der Waals surface area contributed by atoms with Crippen molar-refractivity contribution in [3.8, 4) is 11.1 Å². The standard InChI is InChI=1S/C15H13F/c1-15(2)11-7-4-3-6-10(11)14-12(15)8-5-9-13(14)16/h3-9H,1-2H3. The second-order valence-corrected chi connectivity index (χ2v) is 4.83. The van der Waals surface area contributed by atoms with Crippen molar-refractivity contribution in [3.63, 3.8) is 0 Å². The van der Waals surface area contributed by atoms with Crippen LogP contribution in [-0.4, -0.2) is 0 Å². The molecule has 0 unspecified atom stereocenters. The number of fused-ring (bicyclic) bond motifs is 3. The molecule has 3 rings (SSSR count). The smallest absolute Gasteiger partial charge is 0.131 e. The highest BCUT2D eigenvalue weighted by Gasteiger charge is 2.36. The van der Waals surface area contributed by atoms with E-state index in [0.29, 0.717) is 0 Å². The van der Waals surface area contributed by atoms with Crippen molar-refractivity contribution in [2.24, 2.45) is 0 Å². The van der Waals surface area contributed by atoms with Gasteiger partial charge in [-0.25, -0.2) is 4.39 Å². The molecular formula is C15H13F. The van der Waals surface area contributed by atoms with Gasteiger partial charge in [-0.05, 0) is 22.8 Å². The molecule has 0 saturated heterocycles. The van der Waals surface area contributed by atoms with E-state index >= 15 is 0 Å². The zero-order valence-electron chi connectivity index (χ0n) is 9.42. The maximum atomic E-state index is 13.9. The van der Waals surface area contributed by atoms with Crippen LogP contribution in [0.1, 0.15) is 25.0 Å². The number of hydrogen-bond acceptors (Lipinski definition) is 0. The molecule has 16 heavy (non-hydrogen) atoms. The lowest BCUT2D eigenvalue weighted by molar-refractivity contribution is 0.620. The van der Waals surface area contributed by atoms with Crippen molar-refractivity contribution in [2.75, 3.05) is 0 Å². The third-order valence-corrected chi connectivity index (χ3v) is 3.56. The number of halogens is 1. The molecule has 80 valence electrons. The van der Waals surface area contributed by atoms with E-state index in [1.54, 1.807) is 6.07 Å². The van der Waals surface area contributed by atoms with Gasteiger partial charge < -0.3 is 0 Å². The first-order chi connectivity index (χ1) is 7.62. The van der Waals surface area contributed by atoms with Crippen molar-refractivity contribution in [3.05, 3.63) is 59.4 Å². The summed E-state index contributed by atoms with van der Waals surface area (Å²) in [6.07, 6.45) is 0. The van der Waals surface area contributed by atoms with Gasteiger partial charge in [0.15, 0.2) is 0 Å². The van der Waals surface area contributed by atoms with Crippen molar-refractivity contribution in [1.29, 1.82) is 0 Å². The Morgan fingerprint density at radius 2 is 1.56 bits per heavy atom. The van der Waals surface area contributed by atoms with E-state index < -0.39 is 0 Å². The average molecular weight is 212 g/mol. The summed E-state index contributed by atoms with van der Waals surface area (Å²) in [5.74, 6) is -0.115. The molecular weight excluding hydrogens is 199 g/mol. The molecule has 0 saturated carbocycles. The van der Waals surface area contributed by atoms with Crippen LogP contribution in [-0.2, 0) is 5.41 Å². The van der Waals surface area contributed by atoms with Crippen LogP contribution in [0.2, 0.25) is 0 Å². The first kappa shape index (κ1) is 9.59. The van der Waals surface area contributed by atoms with E-state index in [4.69, 9.17) is 0 Å². The zero-order valence-corrected chi connectivity index (χ0v) is 9.42. The van der Waals surface area contributed by atoms with Gasteiger partial charge in [-0.2, -0.15) is 0 Å². The predicted octanol–water partition coefficient (Wildman–Crippen LogP) is 4.13. The summed E-state index contributed by atoms with van der Waals surface area (Å²) in [4.78, 5) is 0. The van der Waals surface area contributed by atoms with E-state index in [9.17, 15) is 4.39 Å². The highest BCUT2D eigenvalue weighted by Crippen LogP contribution is 2.49. The van der Waals surface area contributed by atoms with Gasteiger partial charge in [-0.3, -0.25) is 0 Å². The molecule has 0 bridgehead atoms. The first-order valence-corrected chi connectivity index (χ1v) is 5.51. The number of hydrogen-bond donors (Lipinski definition) is 0. The summed E-state index contributed by atoms with van der Waals surface area (Å²) in [5, 5.41) is 0. The summed E-state index contributed by atoms with van der Waals surface area (Å²) < 4.78 is 13.9. The zero-order chi connectivity index (χ0) is 11.3. The monoisotopic (exact) mass is 212 g/mol. The van der Waals surface area contributed by atoms with Crippen LogP contribution in [0.3, 0.4) is 0 Å². The Kier molecular flexibility index (Phi) is 1.76. The molecule has 0 aliphatic heterocycles. The highest BCUT2D eigenvalue weighted by molar-refractivity contribution is 5.80. The highest BCUT2D eigenvalue weighted by atomic mass is 19.1. The molecule has 1 aliphatic carbocycles. The van der Waals surface area contributed by atoms with Crippen molar-refractivity contribution < 1.29 is 4.39 Å². The molecule has 0 atom stereocenters. The normalized spacial score (nSPS) is 15.7. The van der Waals surface area contributed by atoms with Gasteiger partial charge in [0.25, 0.3) is 0 Å². The van der Waals surface area contributed by atoms with Crippen molar-refractivity contribution in [2.45, 2.75) is 19.3 Å². The molecule has 2 aromatic rings. The summed E-state index contributed by atoms with van der Waals surface area (Å²) in [5.41, 5.74) is 4.04. The Morgan fingerprint density at radius 1 is 0.875 bits per heavy atom. The SMILES string of the molecule is CC1(C)c2ccccc2-c2c(F)cccc21.